The van der Waals surface area contributed by atoms with Gasteiger partial charge in [0.15, 0.2) is 11.6 Å². The summed E-state index contributed by atoms with van der Waals surface area (Å²) in [6.45, 7) is 6.41. The molecule has 3 N–H and O–H groups in total. The molecule has 1 amide bonds. The first-order valence-corrected chi connectivity index (χ1v) is 11.2. The second-order valence-electron chi connectivity index (χ2n) is 9.07. The van der Waals surface area contributed by atoms with Gasteiger partial charge in [-0.2, -0.15) is 0 Å². The van der Waals surface area contributed by atoms with Crippen LogP contribution in [-0.4, -0.2) is 53.1 Å². The zero-order valence-corrected chi connectivity index (χ0v) is 19.5. The third-order valence-corrected chi connectivity index (χ3v) is 5.13. The van der Waals surface area contributed by atoms with Crippen molar-refractivity contribution in [3.63, 3.8) is 0 Å². The molecule has 0 radical (unpaired) electrons. The molecular formula is C23H30F2N6O3. The summed E-state index contributed by atoms with van der Waals surface area (Å²) in [6, 6.07) is 4.52. The summed E-state index contributed by atoms with van der Waals surface area (Å²) in [5.74, 6) is -3.13. The molecule has 0 unspecified atom stereocenters. The van der Waals surface area contributed by atoms with Gasteiger partial charge >= 0.3 is 5.97 Å². The van der Waals surface area contributed by atoms with Gasteiger partial charge in [0.25, 0.3) is 5.91 Å². The fourth-order valence-corrected chi connectivity index (χ4v) is 3.41. The maximum Gasteiger partial charge on any atom is 0.326 e. The molecule has 9 nitrogen and oxygen atoms in total. The molecule has 1 aromatic heterocycles. The molecule has 184 valence electrons. The van der Waals surface area contributed by atoms with E-state index < -0.39 is 34.6 Å². The van der Waals surface area contributed by atoms with E-state index in [0.717, 1.165) is 0 Å². The number of piperidine rings is 1. The van der Waals surface area contributed by atoms with Crippen molar-refractivity contribution >= 4 is 23.5 Å². The molecular weight excluding hydrogens is 446 g/mol. The van der Waals surface area contributed by atoms with Crippen molar-refractivity contribution in [1.82, 2.24) is 20.8 Å². The lowest BCUT2D eigenvalue weighted by Gasteiger charge is -2.34. The van der Waals surface area contributed by atoms with E-state index in [1.165, 1.54) is 12.1 Å². The number of rotatable bonds is 8. The first kappa shape index (κ1) is 25.3. The summed E-state index contributed by atoms with van der Waals surface area (Å²) >= 11 is 0. The lowest BCUT2D eigenvalue weighted by molar-refractivity contribution is -0.154. The first-order valence-electron chi connectivity index (χ1n) is 11.2. The maximum atomic E-state index is 14.8. The van der Waals surface area contributed by atoms with Crippen LogP contribution in [0.1, 0.15) is 50.4 Å². The monoisotopic (exact) mass is 476 g/mol. The van der Waals surface area contributed by atoms with E-state index in [1.54, 1.807) is 23.4 Å². The Bertz CT molecular complexity index is 992. The Balaban J connectivity index is 1.51. The quantitative estimate of drug-likeness (QED) is 0.499. The van der Waals surface area contributed by atoms with Crippen molar-refractivity contribution < 1.29 is 23.2 Å². The Hall–Kier alpha value is -3.34. The number of hydroxylamine groups is 1. The topological polar surface area (TPSA) is 108 Å². The highest BCUT2D eigenvalue weighted by molar-refractivity contribution is 5.95. The zero-order chi connectivity index (χ0) is 24.7. The summed E-state index contributed by atoms with van der Waals surface area (Å²) in [4.78, 5) is 38.9. The van der Waals surface area contributed by atoms with E-state index in [1.807, 2.05) is 20.8 Å². The largest absolute Gasteiger partial charge is 0.370 e. The molecule has 0 spiro atoms. The van der Waals surface area contributed by atoms with Crippen LogP contribution in [0.15, 0.2) is 30.6 Å². The van der Waals surface area contributed by atoms with Gasteiger partial charge in [-0.1, -0.05) is 0 Å². The average molecular weight is 477 g/mol. The van der Waals surface area contributed by atoms with Crippen molar-refractivity contribution in [2.75, 3.05) is 29.9 Å². The van der Waals surface area contributed by atoms with Crippen molar-refractivity contribution in [3.8, 4) is 0 Å². The van der Waals surface area contributed by atoms with Crippen LogP contribution in [0.4, 0.5) is 20.4 Å². The molecule has 34 heavy (non-hydrogen) atoms. The summed E-state index contributed by atoms with van der Waals surface area (Å²) in [7, 11) is 0. The normalized spacial score (nSPS) is 14.6. The van der Waals surface area contributed by atoms with E-state index in [9.17, 15) is 18.4 Å². The van der Waals surface area contributed by atoms with Gasteiger partial charge in [0.05, 0.1) is 17.7 Å². The van der Waals surface area contributed by atoms with Gasteiger partial charge in [-0.3, -0.25) is 9.59 Å². The van der Waals surface area contributed by atoms with Crippen LogP contribution in [0.5, 0.6) is 0 Å². The van der Waals surface area contributed by atoms with Gasteiger partial charge in [0.1, 0.15) is 0 Å². The summed E-state index contributed by atoms with van der Waals surface area (Å²) in [5.41, 5.74) is 1.86. The van der Waals surface area contributed by atoms with Crippen LogP contribution in [0, 0.1) is 11.6 Å². The van der Waals surface area contributed by atoms with Crippen LogP contribution in [-0.2, 0) is 9.63 Å². The summed E-state index contributed by atoms with van der Waals surface area (Å²) in [5, 5.41) is 5.65. The highest BCUT2D eigenvalue weighted by Gasteiger charge is 2.25. The van der Waals surface area contributed by atoms with Gasteiger partial charge in [0.2, 0.25) is 5.95 Å². The first-order chi connectivity index (χ1) is 16.1. The van der Waals surface area contributed by atoms with Crippen LogP contribution in [0.3, 0.4) is 0 Å². The van der Waals surface area contributed by atoms with Crippen molar-refractivity contribution in [2.45, 2.75) is 51.6 Å². The van der Waals surface area contributed by atoms with Crippen molar-refractivity contribution in [2.24, 2.45) is 0 Å². The standard InChI is InChI=1S/C23H30F2N6O3/c1-23(2,3)30-34-18(32)7-12-26-21(33)16-5-6-17(20(25)19(16)24)31-13-8-15(9-14-31)29-22-27-10-4-11-28-22/h4-6,10-11,15,30H,7-9,12-14H2,1-3H3,(H,26,33)(H,27,28,29). The highest BCUT2D eigenvalue weighted by Crippen LogP contribution is 2.27. The minimum absolute atomic E-state index is 0.0715. The SMILES string of the molecule is CC(C)(C)NOC(=O)CCNC(=O)c1ccc(N2CCC(Nc3ncccn3)CC2)c(F)c1F. The minimum Gasteiger partial charge on any atom is -0.370 e. The van der Waals surface area contributed by atoms with Gasteiger partial charge < -0.3 is 20.4 Å². The predicted molar refractivity (Wildman–Crippen MR) is 123 cm³/mol. The molecule has 1 aliphatic rings. The molecule has 1 aromatic carbocycles. The summed E-state index contributed by atoms with van der Waals surface area (Å²) < 4.78 is 29.5. The van der Waals surface area contributed by atoms with Crippen LogP contribution in [0.2, 0.25) is 0 Å². The van der Waals surface area contributed by atoms with Crippen molar-refractivity contribution in [1.29, 1.82) is 0 Å². The average Bonchev–Trinajstić information content (AvgIpc) is 2.80. The number of carbonyl (C=O) groups excluding carboxylic acids is 2. The number of aromatic nitrogens is 2. The fourth-order valence-electron chi connectivity index (χ4n) is 3.41. The molecule has 2 heterocycles. The molecule has 3 rings (SSSR count). The van der Waals surface area contributed by atoms with Gasteiger partial charge in [0, 0.05) is 43.6 Å². The van der Waals surface area contributed by atoms with Gasteiger partial charge in [-0.15, -0.1) is 5.48 Å². The third-order valence-electron chi connectivity index (χ3n) is 5.13. The molecule has 0 saturated carbocycles. The second-order valence-corrected chi connectivity index (χ2v) is 9.07. The van der Waals surface area contributed by atoms with E-state index in [0.29, 0.717) is 31.9 Å². The van der Waals surface area contributed by atoms with Crippen LogP contribution in [0.25, 0.3) is 0 Å². The zero-order valence-electron chi connectivity index (χ0n) is 19.5. The van der Waals surface area contributed by atoms with Gasteiger partial charge in [-0.05, 0) is 51.8 Å². The molecule has 1 aliphatic heterocycles. The number of hydrogen-bond donors (Lipinski definition) is 3. The van der Waals surface area contributed by atoms with Crippen molar-refractivity contribution in [3.05, 3.63) is 47.8 Å². The van der Waals surface area contributed by atoms with E-state index in [2.05, 4.69) is 26.1 Å². The second kappa shape index (κ2) is 11.2. The number of nitrogens with one attached hydrogen (secondary N) is 3. The number of halogens is 2. The molecule has 11 heteroatoms. The molecule has 0 aliphatic carbocycles. The smallest absolute Gasteiger partial charge is 0.326 e. The molecule has 2 aromatic rings. The molecule has 1 saturated heterocycles. The molecule has 1 fully saturated rings. The van der Waals surface area contributed by atoms with E-state index >= 15 is 0 Å². The number of amides is 1. The predicted octanol–water partition coefficient (Wildman–Crippen LogP) is 2.80. The Labute approximate surface area is 197 Å². The number of carbonyl (C=O) groups is 2. The number of benzene rings is 1. The Morgan fingerprint density at radius 1 is 1.12 bits per heavy atom. The van der Waals surface area contributed by atoms with Crippen LogP contribution < -0.4 is 21.0 Å². The fraction of sp³-hybridized carbons (Fsp3) is 0.478. The Morgan fingerprint density at radius 3 is 2.44 bits per heavy atom. The third kappa shape index (κ3) is 7.08. The molecule has 0 bridgehead atoms. The number of anilines is 2. The van der Waals surface area contributed by atoms with Gasteiger partial charge in [-0.25, -0.2) is 18.7 Å². The molecule has 0 atom stereocenters. The Morgan fingerprint density at radius 2 is 1.79 bits per heavy atom. The number of nitrogens with zero attached hydrogens (tertiary/aromatic N) is 3. The van der Waals surface area contributed by atoms with E-state index in [4.69, 9.17) is 4.84 Å². The maximum absolute atomic E-state index is 14.8. The minimum atomic E-state index is -1.22. The summed E-state index contributed by atoms with van der Waals surface area (Å²) in [6.07, 6.45) is 4.57. The highest BCUT2D eigenvalue weighted by atomic mass is 19.2. The number of hydrogen-bond acceptors (Lipinski definition) is 8. The van der Waals surface area contributed by atoms with E-state index in [-0.39, 0.29) is 24.7 Å². The lowest BCUT2D eigenvalue weighted by Crippen LogP contribution is -2.40. The lowest BCUT2D eigenvalue weighted by atomic mass is 10.0. The van der Waals surface area contributed by atoms with Crippen LogP contribution >= 0.6 is 0 Å². The Kier molecular flexibility index (Phi) is 8.32.